The lowest BCUT2D eigenvalue weighted by atomic mass is 10.2. The van der Waals surface area contributed by atoms with Crippen molar-refractivity contribution in [1.29, 1.82) is 0 Å². The van der Waals surface area contributed by atoms with Gasteiger partial charge in [-0.1, -0.05) is 28.1 Å². The maximum absolute atomic E-state index is 11.8. The smallest absolute Gasteiger partial charge is 0.267 e. The summed E-state index contributed by atoms with van der Waals surface area (Å²) < 4.78 is 0.812. The van der Waals surface area contributed by atoms with E-state index in [1.54, 1.807) is 42.5 Å². The van der Waals surface area contributed by atoms with Gasteiger partial charge in [0, 0.05) is 28.4 Å². The van der Waals surface area contributed by atoms with Crippen molar-refractivity contribution in [2.75, 3.05) is 0 Å². The van der Waals surface area contributed by atoms with E-state index in [1.807, 2.05) is 6.07 Å². The molecule has 0 aliphatic rings. The van der Waals surface area contributed by atoms with Crippen LogP contribution in [0.25, 0.3) is 6.08 Å². The summed E-state index contributed by atoms with van der Waals surface area (Å²) in [6.45, 7) is 0. The SMILES string of the molecule is O=C(N/N=C\C=C\c1ccc([N+](=O)[O-])cc1)c1cccc(Br)c1. The number of rotatable bonds is 5. The van der Waals surface area contributed by atoms with Gasteiger partial charge in [0.05, 0.1) is 4.92 Å². The molecule has 23 heavy (non-hydrogen) atoms. The second-order valence-electron chi connectivity index (χ2n) is 4.44. The van der Waals surface area contributed by atoms with E-state index in [4.69, 9.17) is 0 Å². The van der Waals surface area contributed by atoms with Crippen LogP contribution >= 0.6 is 15.9 Å². The molecule has 0 saturated carbocycles. The lowest BCUT2D eigenvalue weighted by Crippen LogP contribution is -2.17. The molecule has 0 aliphatic heterocycles. The normalized spacial score (nSPS) is 11.0. The number of carbonyl (C=O) groups excluding carboxylic acids is 1. The molecule has 2 aromatic carbocycles. The third-order valence-corrected chi connectivity index (χ3v) is 3.30. The van der Waals surface area contributed by atoms with Gasteiger partial charge < -0.3 is 0 Å². The number of nitro groups is 1. The number of non-ortho nitro benzene ring substituents is 1. The van der Waals surface area contributed by atoms with E-state index in [-0.39, 0.29) is 11.6 Å². The van der Waals surface area contributed by atoms with E-state index in [0.717, 1.165) is 10.0 Å². The highest BCUT2D eigenvalue weighted by molar-refractivity contribution is 9.10. The highest BCUT2D eigenvalue weighted by Crippen LogP contribution is 2.13. The van der Waals surface area contributed by atoms with Crippen LogP contribution in [0.3, 0.4) is 0 Å². The Morgan fingerprint density at radius 1 is 1.22 bits per heavy atom. The number of halogens is 1. The summed E-state index contributed by atoms with van der Waals surface area (Å²) in [5, 5.41) is 14.3. The fourth-order valence-electron chi connectivity index (χ4n) is 1.69. The fourth-order valence-corrected chi connectivity index (χ4v) is 2.09. The second-order valence-corrected chi connectivity index (χ2v) is 5.35. The molecule has 0 radical (unpaired) electrons. The highest BCUT2D eigenvalue weighted by atomic mass is 79.9. The standard InChI is InChI=1S/C16H12BrN3O3/c17-14-5-1-4-13(11-14)16(21)19-18-10-2-3-12-6-8-15(9-7-12)20(22)23/h1-11H,(H,19,21)/b3-2+,18-10-. The number of nitro benzene ring substituents is 1. The van der Waals surface area contributed by atoms with Crippen molar-refractivity contribution in [3.63, 3.8) is 0 Å². The van der Waals surface area contributed by atoms with Crippen LogP contribution in [-0.2, 0) is 0 Å². The minimum atomic E-state index is -0.452. The number of carbonyl (C=O) groups is 1. The minimum absolute atomic E-state index is 0.0390. The van der Waals surface area contributed by atoms with Crippen molar-refractivity contribution in [3.05, 3.63) is 80.3 Å². The number of nitrogens with zero attached hydrogens (tertiary/aromatic N) is 2. The van der Waals surface area contributed by atoms with Gasteiger partial charge in [0.1, 0.15) is 0 Å². The molecule has 116 valence electrons. The van der Waals surface area contributed by atoms with Gasteiger partial charge in [0.2, 0.25) is 0 Å². The van der Waals surface area contributed by atoms with Crippen molar-refractivity contribution < 1.29 is 9.72 Å². The first-order valence-corrected chi connectivity index (χ1v) is 7.35. The monoisotopic (exact) mass is 373 g/mol. The number of hydrogen-bond acceptors (Lipinski definition) is 4. The Balaban J connectivity index is 1.88. The zero-order valence-electron chi connectivity index (χ0n) is 11.8. The van der Waals surface area contributed by atoms with Gasteiger partial charge in [-0.3, -0.25) is 14.9 Å². The first kappa shape index (κ1) is 16.6. The molecule has 0 atom stereocenters. The van der Waals surface area contributed by atoms with Crippen molar-refractivity contribution in [3.8, 4) is 0 Å². The Morgan fingerprint density at radius 3 is 2.61 bits per heavy atom. The van der Waals surface area contributed by atoms with Gasteiger partial charge in [0.25, 0.3) is 11.6 Å². The highest BCUT2D eigenvalue weighted by Gasteiger charge is 2.03. The quantitative estimate of drug-likeness (QED) is 0.491. The van der Waals surface area contributed by atoms with Crippen LogP contribution < -0.4 is 5.43 Å². The van der Waals surface area contributed by atoms with Crippen LogP contribution in [0, 0.1) is 10.1 Å². The largest absolute Gasteiger partial charge is 0.271 e. The lowest BCUT2D eigenvalue weighted by molar-refractivity contribution is -0.384. The predicted octanol–water partition coefficient (Wildman–Crippen LogP) is 3.79. The Morgan fingerprint density at radius 2 is 1.96 bits per heavy atom. The van der Waals surface area contributed by atoms with E-state index in [2.05, 4.69) is 26.5 Å². The zero-order valence-corrected chi connectivity index (χ0v) is 13.4. The number of hydrogen-bond donors (Lipinski definition) is 1. The van der Waals surface area contributed by atoms with Gasteiger partial charge in [0.15, 0.2) is 0 Å². The average Bonchev–Trinajstić information content (AvgIpc) is 2.54. The number of nitrogens with one attached hydrogen (secondary N) is 1. The molecule has 0 aromatic heterocycles. The number of benzene rings is 2. The minimum Gasteiger partial charge on any atom is -0.267 e. The van der Waals surface area contributed by atoms with Crippen LogP contribution in [0.15, 0.2) is 64.2 Å². The molecular formula is C16H12BrN3O3. The molecule has 7 heteroatoms. The molecule has 2 rings (SSSR count). The Kier molecular flexibility index (Phi) is 5.76. The van der Waals surface area contributed by atoms with E-state index in [1.165, 1.54) is 18.3 Å². The Hall–Kier alpha value is -2.80. The third kappa shape index (κ3) is 5.15. The molecule has 0 aliphatic carbocycles. The van der Waals surface area contributed by atoms with Gasteiger partial charge >= 0.3 is 0 Å². The summed E-state index contributed by atoms with van der Waals surface area (Å²) in [6.07, 6.45) is 4.78. The van der Waals surface area contributed by atoms with E-state index in [0.29, 0.717) is 5.56 Å². The van der Waals surface area contributed by atoms with Crippen LogP contribution in [-0.4, -0.2) is 17.0 Å². The molecule has 1 amide bonds. The van der Waals surface area contributed by atoms with Crippen molar-refractivity contribution in [2.45, 2.75) is 0 Å². The molecule has 0 bridgehead atoms. The van der Waals surface area contributed by atoms with Crippen LogP contribution in [0.1, 0.15) is 15.9 Å². The molecular weight excluding hydrogens is 362 g/mol. The summed E-state index contributed by atoms with van der Waals surface area (Å²) in [7, 11) is 0. The van der Waals surface area contributed by atoms with Gasteiger partial charge in [-0.2, -0.15) is 5.10 Å². The topological polar surface area (TPSA) is 84.6 Å². The molecule has 1 N–H and O–H groups in total. The number of amides is 1. The molecule has 0 fully saturated rings. The van der Waals surface area contributed by atoms with Gasteiger partial charge in [-0.05, 0) is 42.0 Å². The van der Waals surface area contributed by atoms with Crippen LogP contribution in [0.2, 0.25) is 0 Å². The summed E-state index contributed by atoms with van der Waals surface area (Å²) in [5.41, 5.74) is 3.73. The van der Waals surface area contributed by atoms with Crippen molar-refractivity contribution in [1.82, 2.24) is 5.43 Å². The Bertz CT molecular complexity index is 770. The lowest BCUT2D eigenvalue weighted by Gasteiger charge is -1.99. The molecule has 6 nitrogen and oxygen atoms in total. The Labute approximate surface area is 140 Å². The van der Waals surface area contributed by atoms with E-state index >= 15 is 0 Å². The van der Waals surface area contributed by atoms with E-state index in [9.17, 15) is 14.9 Å². The maximum atomic E-state index is 11.8. The predicted molar refractivity (Wildman–Crippen MR) is 92.2 cm³/mol. The van der Waals surface area contributed by atoms with Crippen LogP contribution in [0.4, 0.5) is 5.69 Å². The molecule has 0 saturated heterocycles. The third-order valence-electron chi connectivity index (χ3n) is 2.81. The number of allylic oxidation sites excluding steroid dienone is 1. The maximum Gasteiger partial charge on any atom is 0.271 e. The number of hydrazone groups is 1. The van der Waals surface area contributed by atoms with Gasteiger partial charge in [-0.25, -0.2) is 5.43 Å². The van der Waals surface area contributed by atoms with Crippen LogP contribution in [0.5, 0.6) is 0 Å². The summed E-state index contributed by atoms with van der Waals surface area (Å²) in [6, 6.07) is 13.1. The molecule has 0 unspecified atom stereocenters. The van der Waals surface area contributed by atoms with Crippen molar-refractivity contribution >= 4 is 39.8 Å². The van der Waals surface area contributed by atoms with Gasteiger partial charge in [-0.15, -0.1) is 0 Å². The zero-order chi connectivity index (χ0) is 16.7. The first-order chi connectivity index (χ1) is 11.1. The molecule has 0 heterocycles. The first-order valence-electron chi connectivity index (χ1n) is 6.56. The second kappa shape index (κ2) is 8.00. The fraction of sp³-hybridized carbons (Fsp3) is 0. The van der Waals surface area contributed by atoms with E-state index < -0.39 is 4.92 Å². The summed E-state index contributed by atoms with van der Waals surface area (Å²) in [5.74, 6) is -0.314. The van der Waals surface area contributed by atoms with Crippen molar-refractivity contribution in [2.24, 2.45) is 5.10 Å². The molecule has 2 aromatic rings. The summed E-state index contributed by atoms with van der Waals surface area (Å²) >= 11 is 3.29. The molecule has 0 spiro atoms. The summed E-state index contributed by atoms with van der Waals surface area (Å²) in [4.78, 5) is 21.9. The average molecular weight is 374 g/mol.